The van der Waals surface area contributed by atoms with E-state index in [-0.39, 0.29) is 0 Å². The number of hydrogen-bond donors (Lipinski definition) is 1. The Morgan fingerprint density at radius 2 is 2.04 bits per heavy atom. The Labute approximate surface area is 133 Å². The Bertz CT molecular complexity index is 834. The highest BCUT2D eigenvalue weighted by molar-refractivity contribution is 5.61. The number of aromatic nitrogens is 4. The number of nitrogens with zero attached hydrogens (tertiary/aromatic N) is 4. The van der Waals surface area contributed by atoms with Gasteiger partial charge < -0.3 is 10.1 Å². The van der Waals surface area contributed by atoms with Crippen molar-refractivity contribution in [2.75, 3.05) is 12.4 Å². The average molecular weight is 305 g/mol. The minimum absolute atomic E-state index is 0.459. The topological polar surface area (TPSA) is 72.8 Å². The van der Waals surface area contributed by atoms with Gasteiger partial charge in [-0.25, -0.2) is 9.97 Å². The molecule has 0 amide bonds. The molecule has 3 rings (SSSR count). The van der Waals surface area contributed by atoms with Crippen LogP contribution in [0.15, 0.2) is 55.5 Å². The van der Waals surface area contributed by atoms with E-state index in [1.165, 1.54) is 6.33 Å². The van der Waals surface area contributed by atoms with E-state index < -0.39 is 0 Å². The summed E-state index contributed by atoms with van der Waals surface area (Å²) < 4.78 is 5.20. The standard InChI is InChI=1S/C17H15N5O/c1-3-13-9-12(7-8-18-13)16-19-11-20-17(22-16)21-14-5-4-6-15(10-14)23-2/h3-11H,1H2,2H3,(H,19,20,21,22). The quantitative estimate of drug-likeness (QED) is 0.779. The molecule has 0 saturated heterocycles. The fourth-order valence-electron chi connectivity index (χ4n) is 2.02. The number of benzene rings is 1. The molecule has 0 fully saturated rings. The molecule has 0 radical (unpaired) electrons. The van der Waals surface area contributed by atoms with Gasteiger partial charge in [0, 0.05) is 23.5 Å². The minimum atomic E-state index is 0.459. The molecule has 114 valence electrons. The molecule has 6 nitrogen and oxygen atoms in total. The first-order chi connectivity index (χ1) is 11.3. The SMILES string of the molecule is C=Cc1cc(-c2ncnc(Nc3cccc(OC)c3)n2)ccn1. The molecule has 0 atom stereocenters. The highest BCUT2D eigenvalue weighted by atomic mass is 16.5. The molecule has 2 aromatic heterocycles. The third-order valence-corrected chi connectivity index (χ3v) is 3.15. The monoisotopic (exact) mass is 305 g/mol. The third kappa shape index (κ3) is 3.49. The van der Waals surface area contributed by atoms with Crippen molar-refractivity contribution in [1.82, 2.24) is 19.9 Å². The summed E-state index contributed by atoms with van der Waals surface area (Å²) >= 11 is 0. The highest BCUT2D eigenvalue weighted by Gasteiger charge is 2.05. The first kappa shape index (κ1) is 14.6. The van der Waals surface area contributed by atoms with Crippen molar-refractivity contribution in [1.29, 1.82) is 0 Å². The van der Waals surface area contributed by atoms with Crippen LogP contribution in [0.3, 0.4) is 0 Å². The van der Waals surface area contributed by atoms with Crippen molar-refractivity contribution in [2.45, 2.75) is 0 Å². The molecule has 0 bridgehead atoms. The van der Waals surface area contributed by atoms with E-state index in [0.717, 1.165) is 22.7 Å². The van der Waals surface area contributed by atoms with E-state index >= 15 is 0 Å². The number of nitrogens with one attached hydrogen (secondary N) is 1. The van der Waals surface area contributed by atoms with Crippen LogP contribution in [0.5, 0.6) is 5.75 Å². The summed E-state index contributed by atoms with van der Waals surface area (Å²) in [5.41, 5.74) is 2.46. The summed E-state index contributed by atoms with van der Waals surface area (Å²) in [7, 11) is 1.63. The zero-order valence-corrected chi connectivity index (χ0v) is 12.6. The number of methoxy groups -OCH3 is 1. The first-order valence-corrected chi connectivity index (χ1v) is 6.97. The van der Waals surface area contributed by atoms with Gasteiger partial charge in [0.2, 0.25) is 5.95 Å². The summed E-state index contributed by atoms with van der Waals surface area (Å²) in [5.74, 6) is 1.78. The number of anilines is 2. The molecule has 0 saturated carbocycles. The maximum absolute atomic E-state index is 5.20. The lowest BCUT2D eigenvalue weighted by atomic mass is 10.2. The molecule has 23 heavy (non-hydrogen) atoms. The average Bonchev–Trinajstić information content (AvgIpc) is 2.62. The van der Waals surface area contributed by atoms with Crippen molar-refractivity contribution in [2.24, 2.45) is 0 Å². The Morgan fingerprint density at radius 3 is 2.87 bits per heavy atom. The van der Waals surface area contributed by atoms with Crippen molar-refractivity contribution in [3.8, 4) is 17.1 Å². The van der Waals surface area contributed by atoms with E-state index in [1.807, 2.05) is 36.4 Å². The third-order valence-electron chi connectivity index (χ3n) is 3.15. The number of ether oxygens (including phenoxy) is 1. The lowest BCUT2D eigenvalue weighted by Gasteiger charge is -2.07. The number of pyridine rings is 1. The zero-order valence-electron chi connectivity index (χ0n) is 12.6. The van der Waals surface area contributed by atoms with Gasteiger partial charge >= 0.3 is 0 Å². The van der Waals surface area contributed by atoms with Gasteiger partial charge in [-0.05, 0) is 30.3 Å². The van der Waals surface area contributed by atoms with Gasteiger partial charge in [0.25, 0.3) is 0 Å². The van der Waals surface area contributed by atoms with E-state index in [0.29, 0.717) is 11.8 Å². The number of hydrogen-bond acceptors (Lipinski definition) is 6. The Kier molecular flexibility index (Phi) is 4.24. The molecule has 1 N–H and O–H groups in total. The van der Waals surface area contributed by atoms with Gasteiger partial charge in [0.1, 0.15) is 12.1 Å². The van der Waals surface area contributed by atoms with E-state index in [9.17, 15) is 0 Å². The fraction of sp³-hybridized carbons (Fsp3) is 0.0588. The molecule has 0 spiro atoms. The molecule has 2 heterocycles. The maximum atomic E-state index is 5.20. The van der Waals surface area contributed by atoms with E-state index in [4.69, 9.17) is 4.74 Å². The molecular formula is C17H15N5O. The Balaban J connectivity index is 1.88. The van der Waals surface area contributed by atoms with Crippen LogP contribution in [0, 0.1) is 0 Å². The maximum Gasteiger partial charge on any atom is 0.230 e. The van der Waals surface area contributed by atoms with Crippen molar-refractivity contribution in [3.63, 3.8) is 0 Å². The van der Waals surface area contributed by atoms with Crippen molar-refractivity contribution >= 4 is 17.7 Å². The highest BCUT2D eigenvalue weighted by Crippen LogP contribution is 2.21. The predicted octanol–water partition coefficient (Wildman–Crippen LogP) is 3.33. The zero-order chi connectivity index (χ0) is 16.1. The largest absolute Gasteiger partial charge is 0.497 e. The molecular weight excluding hydrogens is 290 g/mol. The molecule has 0 aliphatic heterocycles. The Morgan fingerprint density at radius 1 is 1.13 bits per heavy atom. The fourth-order valence-corrected chi connectivity index (χ4v) is 2.02. The Hall–Kier alpha value is -3.28. The van der Waals surface area contributed by atoms with Gasteiger partial charge in [-0.1, -0.05) is 12.6 Å². The van der Waals surface area contributed by atoms with Crippen molar-refractivity contribution in [3.05, 3.63) is 61.2 Å². The van der Waals surface area contributed by atoms with Crippen LogP contribution in [0.1, 0.15) is 5.69 Å². The second-order valence-electron chi connectivity index (χ2n) is 4.66. The van der Waals surface area contributed by atoms with Gasteiger partial charge in [0.05, 0.1) is 12.8 Å². The second kappa shape index (κ2) is 6.65. The summed E-state index contributed by atoms with van der Waals surface area (Å²) in [4.78, 5) is 17.0. The predicted molar refractivity (Wildman–Crippen MR) is 89.4 cm³/mol. The molecule has 1 aromatic carbocycles. The summed E-state index contributed by atoms with van der Waals surface area (Å²) in [5, 5.41) is 3.14. The summed E-state index contributed by atoms with van der Waals surface area (Å²) in [6, 6.07) is 11.3. The van der Waals surface area contributed by atoms with E-state index in [1.54, 1.807) is 19.4 Å². The lowest BCUT2D eigenvalue weighted by Crippen LogP contribution is -2.00. The van der Waals surface area contributed by atoms with Crippen LogP contribution in [0.25, 0.3) is 17.5 Å². The van der Waals surface area contributed by atoms with Crippen molar-refractivity contribution < 1.29 is 4.74 Å². The van der Waals surface area contributed by atoms with Crippen LogP contribution in [0.4, 0.5) is 11.6 Å². The molecule has 0 aliphatic carbocycles. The molecule has 0 unspecified atom stereocenters. The number of rotatable bonds is 5. The van der Waals surface area contributed by atoms with Gasteiger partial charge in [-0.3, -0.25) is 4.98 Å². The van der Waals surface area contributed by atoms with Crippen LogP contribution in [-0.2, 0) is 0 Å². The molecule has 0 aliphatic rings. The summed E-state index contributed by atoms with van der Waals surface area (Å²) in [6.45, 7) is 3.72. The van der Waals surface area contributed by atoms with Crippen LogP contribution in [-0.4, -0.2) is 27.0 Å². The van der Waals surface area contributed by atoms with Gasteiger partial charge in [-0.2, -0.15) is 4.98 Å². The summed E-state index contributed by atoms with van der Waals surface area (Å²) in [6.07, 6.45) is 4.85. The van der Waals surface area contributed by atoms with Crippen LogP contribution >= 0.6 is 0 Å². The lowest BCUT2D eigenvalue weighted by molar-refractivity contribution is 0.415. The van der Waals surface area contributed by atoms with Gasteiger partial charge in [-0.15, -0.1) is 0 Å². The van der Waals surface area contributed by atoms with E-state index in [2.05, 4.69) is 31.8 Å². The van der Waals surface area contributed by atoms with Gasteiger partial charge in [0.15, 0.2) is 5.82 Å². The second-order valence-corrected chi connectivity index (χ2v) is 4.66. The van der Waals surface area contributed by atoms with Crippen LogP contribution < -0.4 is 10.1 Å². The normalized spacial score (nSPS) is 10.1. The van der Waals surface area contributed by atoms with Crippen LogP contribution in [0.2, 0.25) is 0 Å². The first-order valence-electron chi connectivity index (χ1n) is 6.97. The smallest absolute Gasteiger partial charge is 0.230 e. The molecule has 3 aromatic rings. The molecule has 6 heteroatoms. The minimum Gasteiger partial charge on any atom is -0.497 e.